The first kappa shape index (κ1) is 15.0. The number of nitrogens with two attached hydrogens (primary N) is 1. The molecule has 2 rings (SSSR count). The van der Waals surface area contributed by atoms with Gasteiger partial charge in [0.2, 0.25) is 5.91 Å². The number of hydrogen-bond donors (Lipinski definition) is 1. The Bertz CT molecular complexity index is 608. The monoisotopic (exact) mass is 255 g/mol. The third kappa shape index (κ3) is 3.95. The Labute approximate surface area is 114 Å². The summed E-state index contributed by atoms with van der Waals surface area (Å²) >= 11 is 0. The van der Waals surface area contributed by atoms with E-state index in [1.54, 1.807) is 0 Å². The van der Waals surface area contributed by atoms with Gasteiger partial charge < -0.3 is 5.73 Å². The van der Waals surface area contributed by atoms with Crippen molar-refractivity contribution in [1.82, 2.24) is 0 Å². The van der Waals surface area contributed by atoms with Crippen LogP contribution in [0.2, 0.25) is 0 Å². The van der Waals surface area contributed by atoms with Gasteiger partial charge in [-0.3, -0.25) is 4.79 Å². The Morgan fingerprint density at radius 3 is 2.16 bits per heavy atom. The van der Waals surface area contributed by atoms with Crippen molar-refractivity contribution in [3.63, 3.8) is 0 Å². The Morgan fingerprint density at radius 1 is 1.00 bits per heavy atom. The molecule has 0 fully saturated rings. The largest absolute Gasteiger partial charge is 0.366 e. The average molecular weight is 255 g/mol. The molecule has 0 spiro atoms. The van der Waals surface area contributed by atoms with Crippen LogP contribution >= 0.6 is 0 Å². The van der Waals surface area contributed by atoms with Gasteiger partial charge in [0, 0.05) is 5.56 Å². The molecule has 0 atom stereocenters. The van der Waals surface area contributed by atoms with Gasteiger partial charge in [-0.1, -0.05) is 42.0 Å². The van der Waals surface area contributed by atoms with Gasteiger partial charge in [0.25, 0.3) is 0 Å². The molecule has 19 heavy (non-hydrogen) atoms. The number of fused-ring (bicyclic) bond motifs is 1. The molecule has 0 saturated heterocycles. The molecule has 2 N–H and O–H groups in total. The van der Waals surface area contributed by atoms with Crippen LogP contribution in [0.15, 0.2) is 42.5 Å². The molecular weight excluding hydrogens is 234 g/mol. The normalized spacial score (nSPS) is 10.3. The highest BCUT2D eigenvalue weighted by Gasteiger charge is 2.06. The highest BCUT2D eigenvalue weighted by molar-refractivity contribution is 5.99. The maximum Gasteiger partial charge on any atom is 0.248 e. The lowest BCUT2D eigenvalue weighted by Crippen LogP contribution is -2.12. The molecule has 0 bridgehead atoms. The van der Waals surface area contributed by atoms with Crippen molar-refractivity contribution in [3.05, 3.63) is 59.2 Å². The SMILES string of the molecule is C/C=C\C.Cc1ccc2cc(C(N)=O)c(C)cc2c1. The molecule has 2 aromatic rings. The van der Waals surface area contributed by atoms with Gasteiger partial charge in [-0.05, 0) is 50.1 Å². The molecule has 0 aliphatic rings. The number of carbonyl (C=O) groups is 1. The van der Waals surface area contributed by atoms with Crippen molar-refractivity contribution in [3.8, 4) is 0 Å². The Kier molecular flexibility index (Phi) is 5.31. The standard InChI is InChI=1S/C13H13NO.C4H8/c1-8-3-4-10-7-12(13(14)15)9(2)6-11(10)5-8;1-3-4-2/h3-7H,1-2H3,(H2,14,15);3-4H,1-2H3/b;4-3-. The number of allylic oxidation sites excluding steroid dienone is 2. The fourth-order valence-corrected chi connectivity index (χ4v) is 1.80. The third-order valence-corrected chi connectivity index (χ3v) is 2.94. The minimum absolute atomic E-state index is 0.366. The van der Waals surface area contributed by atoms with E-state index in [1.165, 1.54) is 5.56 Å². The van der Waals surface area contributed by atoms with Gasteiger partial charge in [0.15, 0.2) is 0 Å². The number of hydrogen-bond acceptors (Lipinski definition) is 1. The first-order valence-corrected chi connectivity index (χ1v) is 6.37. The summed E-state index contributed by atoms with van der Waals surface area (Å²) in [6, 6.07) is 10.0. The lowest BCUT2D eigenvalue weighted by molar-refractivity contribution is 0.1000. The summed E-state index contributed by atoms with van der Waals surface area (Å²) in [6.07, 6.45) is 4.00. The second kappa shape index (κ2) is 6.74. The molecule has 2 aromatic carbocycles. The van der Waals surface area contributed by atoms with E-state index in [0.717, 1.165) is 16.3 Å². The molecule has 1 amide bonds. The summed E-state index contributed by atoms with van der Waals surface area (Å²) in [6.45, 7) is 7.96. The minimum Gasteiger partial charge on any atom is -0.366 e. The maximum atomic E-state index is 11.2. The van der Waals surface area contributed by atoms with Crippen LogP contribution in [0.4, 0.5) is 0 Å². The number of aryl methyl sites for hydroxylation is 2. The van der Waals surface area contributed by atoms with Crippen molar-refractivity contribution >= 4 is 16.7 Å². The summed E-state index contributed by atoms with van der Waals surface area (Å²) in [5.41, 5.74) is 8.05. The van der Waals surface area contributed by atoms with Crippen molar-refractivity contribution in [2.45, 2.75) is 27.7 Å². The fraction of sp³-hybridized carbons (Fsp3) is 0.235. The number of rotatable bonds is 1. The van der Waals surface area contributed by atoms with Gasteiger partial charge in [0.05, 0.1) is 0 Å². The Hall–Kier alpha value is -2.09. The Balaban J connectivity index is 0.000000399. The molecule has 100 valence electrons. The molecule has 2 nitrogen and oxygen atoms in total. The summed E-state index contributed by atoms with van der Waals surface area (Å²) in [5.74, 6) is -0.366. The lowest BCUT2D eigenvalue weighted by Gasteiger charge is -2.05. The number of amides is 1. The number of carbonyl (C=O) groups excluding carboxylic acids is 1. The quantitative estimate of drug-likeness (QED) is 0.765. The van der Waals surface area contributed by atoms with E-state index in [0.29, 0.717) is 5.56 Å². The zero-order chi connectivity index (χ0) is 14.4. The van der Waals surface area contributed by atoms with E-state index < -0.39 is 0 Å². The van der Waals surface area contributed by atoms with Crippen LogP contribution in [-0.4, -0.2) is 5.91 Å². The molecule has 0 aliphatic carbocycles. The van der Waals surface area contributed by atoms with E-state index in [9.17, 15) is 4.79 Å². The van der Waals surface area contributed by atoms with E-state index >= 15 is 0 Å². The first-order valence-electron chi connectivity index (χ1n) is 6.37. The van der Waals surface area contributed by atoms with E-state index in [2.05, 4.69) is 13.0 Å². The average Bonchev–Trinajstić information content (AvgIpc) is 2.37. The van der Waals surface area contributed by atoms with E-state index in [-0.39, 0.29) is 5.91 Å². The van der Waals surface area contributed by atoms with Crippen LogP contribution in [0.25, 0.3) is 10.8 Å². The third-order valence-electron chi connectivity index (χ3n) is 2.94. The summed E-state index contributed by atoms with van der Waals surface area (Å²) < 4.78 is 0. The van der Waals surface area contributed by atoms with Crippen LogP contribution < -0.4 is 5.73 Å². The molecule has 0 heterocycles. The summed E-state index contributed by atoms with van der Waals surface area (Å²) in [5, 5.41) is 2.21. The van der Waals surface area contributed by atoms with E-state index in [1.807, 2.05) is 57.2 Å². The minimum atomic E-state index is -0.366. The molecule has 0 radical (unpaired) electrons. The summed E-state index contributed by atoms with van der Waals surface area (Å²) in [7, 11) is 0. The fourth-order valence-electron chi connectivity index (χ4n) is 1.80. The summed E-state index contributed by atoms with van der Waals surface area (Å²) in [4.78, 5) is 11.2. The van der Waals surface area contributed by atoms with Gasteiger partial charge in [-0.2, -0.15) is 0 Å². The Morgan fingerprint density at radius 2 is 1.63 bits per heavy atom. The van der Waals surface area contributed by atoms with Crippen LogP contribution in [0, 0.1) is 13.8 Å². The van der Waals surface area contributed by atoms with Crippen LogP contribution in [0.5, 0.6) is 0 Å². The second-order valence-electron chi connectivity index (χ2n) is 4.55. The predicted octanol–water partition coefficient (Wildman–Crippen LogP) is 4.14. The molecule has 0 aliphatic heterocycles. The van der Waals surface area contributed by atoms with Crippen LogP contribution in [0.1, 0.15) is 35.3 Å². The zero-order valence-corrected chi connectivity index (χ0v) is 12.0. The molecule has 0 unspecified atom stereocenters. The van der Waals surface area contributed by atoms with Crippen molar-refractivity contribution in [2.24, 2.45) is 5.73 Å². The lowest BCUT2D eigenvalue weighted by atomic mass is 10.0. The second-order valence-corrected chi connectivity index (χ2v) is 4.55. The number of primary amides is 1. The van der Waals surface area contributed by atoms with Gasteiger partial charge >= 0.3 is 0 Å². The van der Waals surface area contributed by atoms with Crippen molar-refractivity contribution < 1.29 is 4.79 Å². The maximum absolute atomic E-state index is 11.2. The topological polar surface area (TPSA) is 43.1 Å². The number of benzene rings is 2. The molecule has 2 heteroatoms. The first-order chi connectivity index (χ1) is 8.99. The van der Waals surface area contributed by atoms with Gasteiger partial charge in [0.1, 0.15) is 0 Å². The van der Waals surface area contributed by atoms with Crippen LogP contribution in [0.3, 0.4) is 0 Å². The van der Waals surface area contributed by atoms with Gasteiger partial charge in [-0.25, -0.2) is 0 Å². The van der Waals surface area contributed by atoms with Crippen molar-refractivity contribution in [1.29, 1.82) is 0 Å². The highest BCUT2D eigenvalue weighted by atomic mass is 16.1. The zero-order valence-electron chi connectivity index (χ0n) is 12.0. The highest BCUT2D eigenvalue weighted by Crippen LogP contribution is 2.20. The van der Waals surface area contributed by atoms with E-state index in [4.69, 9.17) is 5.73 Å². The van der Waals surface area contributed by atoms with Crippen LogP contribution in [-0.2, 0) is 0 Å². The van der Waals surface area contributed by atoms with Crippen molar-refractivity contribution in [2.75, 3.05) is 0 Å². The molecule has 0 saturated carbocycles. The smallest absolute Gasteiger partial charge is 0.248 e. The molecule has 0 aromatic heterocycles. The molecular formula is C17H21NO. The van der Waals surface area contributed by atoms with Gasteiger partial charge in [-0.15, -0.1) is 0 Å². The predicted molar refractivity (Wildman–Crippen MR) is 82.4 cm³/mol.